The zero-order chi connectivity index (χ0) is 23.3. The zero-order valence-corrected chi connectivity index (χ0v) is 20.3. The molecular weight excluding hydrogens is 410 g/mol. The minimum atomic E-state index is -0.550. The molecule has 1 saturated heterocycles. The number of methoxy groups -OCH3 is 1. The normalized spacial score (nSPS) is 36.7. The minimum absolute atomic E-state index is 0.0272. The number of morpholine rings is 1. The number of hydrogen-bond acceptors (Lipinski definition) is 6. The van der Waals surface area contributed by atoms with Gasteiger partial charge in [-0.25, -0.2) is 0 Å². The van der Waals surface area contributed by atoms with Crippen LogP contribution in [0.25, 0.3) is 0 Å². The first-order valence-electron chi connectivity index (χ1n) is 12.3. The lowest BCUT2D eigenvalue weighted by Crippen LogP contribution is -2.58. The van der Waals surface area contributed by atoms with Crippen molar-refractivity contribution in [3.63, 3.8) is 0 Å². The molecular formula is C24H43N3O5. The summed E-state index contributed by atoms with van der Waals surface area (Å²) in [5.41, 5.74) is 0.0460. The number of hydrogen-bond donors (Lipinski definition) is 3. The van der Waals surface area contributed by atoms with Gasteiger partial charge >= 0.3 is 0 Å². The molecule has 2 saturated carbocycles. The minimum Gasteiger partial charge on any atom is -0.392 e. The third-order valence-corrected chi connectivity index (χ3v) is 8.40. The van der Waals surface area contributed by atoms with E-state index in [0.717, 1.165) is 58.5 Å². The fourth-order valence-corrected chi connectivity index (χ4v) is 6.39. The van der Waals surface area contributed by atoms with E-state index in [4.69, 9.17) is 9.47 Å². The first-order chi connectivity index (χ1) is 15.3. The Balaban J connectivity index is 1.57. The van der Waals surface area contributed by atoms with E-state index in [9.17, 15) is 14.7 Å². The van der Waals surface area contributed by atoms with Gasteiger partial charge in [-0.3, -0.25) is 14.5 Å². The smallest absolute Gasteiger partial charge is 0.246 e. The van der Waals surface area contributed by atoms with Crippen molar-refractivity contribution in [2.75, 3.05) is 53.1 Å². The van der Waals surface area contributed by atoms with E-state index < -0.39 is 6.10 Å². The van der Waals surface area contributed by atoms with Crippen LogP contribution in [-0.2, 0) is 19.1 Å². The van der Waals surface area contributed by atoms with Crippen LogP contribution in [0.1, 0.15) is 46.5 Å². The van der Waals surface area contributed by atoms with Gasteiger partial charge in [0.05, 0.1) is 19.3 Å². The lowest BCUT2D eigenvalue weighted by atomic mass is 9.51. The van der Waals surface area contributed by atoms with E-state index >= 15 is 0 Å². The lowest BCUT2D eigenvalue weighted by Gasteiger charge is -2.56. The Labute approximate surface area is 192 Å². The summed E-state index contributed by atoms with van der Waals surface area (Å²) in [6, 6.07) is 0.0294. The third-order valence-electron chi connectivity index (χ3n) is 8.40. The zero-order valence-electron chi connectivity index (χ0n) is 20.3. The van der Waals surface area contributed by atoms with Gasteiger partial charge in [0.2, 0.25) is 11.8 Å². The largest absolute Gasteiger partial charge is 0.392 e. The molecule has 0 bridgehead atoms. The summed E-state index contributed by atoms with van der Waals surface area (Å²) in [7, 11) is 1.52. The van der Waals surface area contributed by atoms with E-state index in [1.165, 1.54) is 7.11 Å². The lowest BCUT2D eigenvalue weighted by molar-refractivity contribution is -0.144. The molecule has 8 nitrogen and oxygen atoms in total. The van der Waals surface area contributed by atoms with Crippen molar-refractivity contribution in [3.05, 3.63) is 0 Å². The number of carbonyl (C=O) groups excluding carboxylic acids is 2. The summed E-state index contributed by atoms with van der Waals surface area (Å²) in [6.45, 7) is 11.2. The maximum atomic E-state index is 12.9. The molecule has 3 N–H and O–H groups in total. The number of rotatable bonds is 8. The van der Waals surface area contributed by atoms with Gasteiger partial charge in [0.15, 0.2) is 0 Å². The van der Waals surface area contributed by atoms with Crippen LogP contribution in [0, 0.1) is 29.1 Å². The number of nitrogens with one attached hydrogen (secondary N) is 2. The van der Waals surface area contributed by atoms with E-state index in [1.54, 1.807) is 0 Å². The van der Waals surface area contributed by atoms with Crippen LogP contribution >= 0.6 is 0 Å². The van der Waals surface area contributed by atoms with Crippen LogP contribution < -0.4 is 10.6 Å². The van der Waals surface area contributed by atoms with Gasteiger partial charge in [0.1, 0.15) is 6.61 Å². The molecule has 0 aromatic heterocycles. The molecule has 1 aliphatic heterocycles. The van der Waals surface area contributed by atoms with Crippen molar-refractivity contribution in [1.29, 1.82) is 0 Å². The summed E-state index contributed by atoms with van der Waals surface area (Å²) in [6.07, 6.45) is 3.21. The monoisotopic (exact) mass is 453 g/mol. The highest BCUT2D eigenvalue weighted by Gasteiger charge is 2.53. The number of aliphatic hydroxyl groups excluding tert-OH is 1. The van der Waals surface area contributed by atoms with Gasteiger partial charge in [0.25, 0.3) is 0 Å². The number of fused-ring (bicyclic) bond motifs is 1. The molecule has 0 aromatic rings. The predicted molar refractivity (Wildman–Crippen MR) is 122 cm³/mol. The van der Waals surface area contributed by atoms with Gasteiger partial charge < -0.3 is 25.2 Å². The molecule has 32 heavy (non-hydrogen) atoms. The Morgan fingerprint density at radius 1 is 1.25 bits per heavy atom. The second-order valence-electron chi connectivity index (χ2n) is 10.4. The predicted octanol–water partition coefficient (Wildman–Crippen LogP) is 1.03. The third kappa shape index (κ3) is 5.82. The molecule has 0 spiro atoms. The number of amides is 2. The summed E-state index contributed by atoms with van der Waals surface area (Å²) in [4.78, 5) is 27.3. The quantitative estimate of drug-likeness (QED) is 0.508. The Hall–Kier alpha value is -1.22. The highest BCUT2D eigenvalue weighted by Crippen LogP contribution is 2.55. The number of aliphatic hydroxyl groups is 1. The van der Waals surface area contributed by atoms with E-state index in [-0.39, 0.29) is 53.5 Å². The summed E-state index contributed by atoms with van der Waals surface area (Å²) in [5.74, 6) is -0.181. The molecule has 7 atom stereocenters. The number of carbonyl (C=O) groups is 2. The molecule has 0 aromatic carbocycles. The molecule has 2 aliphatic carbocycles. The van der Waals surface area contributed by atoms with Crippen LogP contribution in [0.5, 0.6) is 0 Å². The maximum Gasteiger partial charge on any atom is 0.246 e. The molecule has 3 rings (SSSR count). The van der Waals surface area contributed by atoms with Crippen molar-refractivity contribution in [2.45, 2.75) is 58.6 Å². The average molecular weight is 454 g/mol. The van der Waals surface area contributed by atoms with Crippen molar-refractivity contribution >= 4 is 11.8 Å². The molecule has 0 radical (unpaired) electrons. The Bertz CT molecular complexity index is 641. The van der Waals surface area contributed by atoms with E-state index in [1.807, 2.05) is 6.92 Å². The maximum absolute atomic E-state index is 12.9. The highest BCUT2D eigenvalue weighted by molar-refractivity contribution is 5.78. The molecule has 184 valence electrons. The van der Waals surface area contributed by atoms with Gasteiger partial charge in [-0.1, -0.05) is 20.8 Å². The van der Waals surface area contributed by atoms with Crippen LogP contribution in [-0.4, -0.2) is 87.1 Å². The van der Waals surface area contributed by atoms with Crippen LogP contribution in [0.4, 0.5) is 0 Å². The van der Waals surface area contributed by atoms with Gasteiger partial charge in [-0.2, -0.15) is 0 Å². The van der Waals surface area contributed by atoms with Crippen LogP contribution in [0.2, 0.25) is 0 Å². The van der Waals surface area contributed by atoms with E-state index in [2.05, 4.69) is 29.4 Å². The van der Waals surface area contributed by atoms with Gasteiger partial charge in [0, 0.05) is 45.2 Å². The fourth-order valence-electron chi connectivity index (χ4n) is 6.39. The average Bonchev–Trinajstić information content (AvgIpc) is 2.76. The molecule has 1 heterocycles. The van der Waals surface area contributed by atoms with Crippen molar-refractivity contribution in [1.82, 2.24) is 15.5 Å². The fraction of sp³-hybridized carbons (Fsp3) is 0.917. The van der Waals surface area contributed by atoms with Crippen LogP contribution in [0.3, 0.4) is 0 Å². The van der Waals surface area contributed by atoms with Crippen molar-refractivity contribution in [3.8, 4) is 0 Å². The SMILES string of the molecule is COCC(=O)N[C@H]1CC[C@]2(C)CC[C@@H]([C@H](C)C(=O)NCCN3CCOCC3)[C@H](O)[C@H]2[C@@H]1C. The van der Waals surface area contributed by atoms with Gasteiger partial charge in [-0.15, -0.1) is 0 Å². The highest BCUT2D eigenvalue weighted by atomic mass is 16.5. The molecule has 3 aliphatic rings. The molecule has 8 heteroatoms. The molecule has 2 amide bonds. The molecule has 3 fully saturated rings. The van der Waals surface area contributed by atoms with E-state index in [0.29, 0.717) is 6.54 Å². The van der Waals surface area contributed by atoms with Crippen molar-refractivity contribution < 1.29 is 24.2 Å². The van der Waals surface area contributed by atoms with Crippen molar-refractivity contribution in [2.24, 2.45) is 29.1 Å². The summed E-state index contributed by atoms with van der Waals surface area (Å²) in [5, 5.41) is 17.6. The Morgan fingerprint density at radius 2 is 1.94 bits per heavy atom. The Morgan fingerprint density at radius 3 is 2.62 bits per heavy atom. The second-order valence-corrected chi connectivity index (χ2v) is 10.4. The summed E-state index contributed by atoms with van der Waals surface area (Å²) < 4.78 is 10.3. The molecule has 0 unspecified atom stereocenters. The first-order valence-corrected chi connectivity index (χ1v) is 12.3. The standard InChI is InChI=1S/C24H43N3O5/c1-16(23(30)25-9-10-27-11-13-32-14-12-27)18-5-7-24(3)8-6-19(26-20(28)15-31-4)17(2)21(24)22(18)29/h16-19,21-22,29H,5-15H2,1-4H3,(H,25,30)(H,26,28)/t16-,17+,18-,19-,21+,22-,24-/m0/s1. The van der Waals surface area contributed by atoms with Gasteiger partial charge in [-0.05, 0) is 48.9 Å². The number of ether oxygens (including phenoxy) is 2. The summed E-state index contributed by atoms with van der Waals surface area (Å²) >= 11 is 0. The first kappa shape index (κ1) is 25.4. The second kappa shape index (κ2) is 11.3. The topological polar surface area (TPSA) is 100 Å². The van der Waals surface area contributed by atoms with Crippen LogP contribution in [0.15, 0.2) is 0 Å². The Kier molecular flexibility index (Phi) is 8.95. The number of nitrogens with zero attached hydrogens (tertiary/aromatic N) is 1.